The summed E-state index contributed by atoms with van der Waals surface area (Å²) in [7, 11) is 3.61. The van der Waals surface area contributed by atoms with Crippen molar-refractivity contribution in [2.24, 2.45) is 0 Å². The molecule has 3 aromatic rings. The molecule has 1 fully saturated rings. The molecule has 0 spiro atoms. The molecule has 0 atom stereocenters. The van der Waals surface area contributed by atoms with Crippen molar-refractivity contribution in [2.45, 2.75) is 44.7 Å². The normalized spacial score (nSPS) is 16.2. The number of rotatable bonds is 6. The first-order valence-corrected chi connectivity index (χ1v) is 12.1. The van der Waals surface area contributed by atoms with Crippen LogP contribution in [0.2, 0.25) is 0 Å². The Balaban J connectivity index is 1.57. The lowest BCUT2D eigenvalue weighted by molar-refractivity contribution is 0.0696. The molecule has 0 saturated heterocycles. The largest absolute Gasteiger partial charge is 0.478 e. The highest BCUT2D eigenvalue weighted by molar-refractivity contribution is 6.34. The molecule has 2 aromatic carbocycles. The van der Waals surface area contributed by atoms with E-state index in [9.17, 15) is 23.9 Å². The van der Waals surface area contributed by atoms with Crippen molar-refractivity contribution >= 4 is 40.1 Å². The molecular formula is C27H27FN4O4. The third kappa shape index (κ3) is 4.09. The number of carbonyl (C=O) groups is 3. The molecule has 2 heterocycles. The van der Waals surface area contributed by atoms with Crippen molar-refractivity contribution in [1.29, 1.82) is 0 Å². The van der Waals surface area contributed by atoms with Gasteiger partial charge in [0.25, 0.3) is 11.8 Å². The smallest absolute Gasteiger partial charge is 0.335 e. The highest BCUT2D eigenvalue weighted by Gasteiger charge is 2.40. The van der Waals surface area contributed by atoms with Gasteiger partial charge >= 0.3 is 5.97 Å². The number of halogens is 1. The van der Waals surface area contributed by atoms with Gasteiger partial charge in [-0.15, -0.1) is 0 Å². The molecule has 0 unspecified atom stereocenters. The standard InChI is InChI=1S/C27H27FN4O4/c1-29-21-13-18(28)11-16-12-20-24(30-23(16)21)26(34)32(25(20)33)22-9-8-15(27(35)36)10-17(22)14-31(2)19-6-4-3-5-7-19/h8-13,19,29H,3-7,14H2,1-2H3,(H,35,36). The number of benzene rings is 2. The number of hydrogen-bond acceptors (Lipinski definition) is 6. The van der Waals surface area contributed by atoms with Gasteiger partial charge in [0.1, 0.15) is 11.5 Å². The van der Waals surface area contributed by atoms with E-state index < -0.39 is 23.6 Å². The molecule has 2 aliphatic rings. The van der Waals surface area contributed by atoms with E-state index in [0.717, 1.165) is 30.6 Å². The van der Waals surface area contributed by atoms with Gasteiger partial charge in [0.2, 0.25) is 0 Å². The van der Waals surface area contributed by atoms with Crippen LogP contribution in [0, 0.1) is 5.82 Å². The Hall–Kier alpha value is -3.85. The van der Waals surface area contributed by atoms with Gasteiger partial charge in [0.05, 0.1) is 28.0 Å². The summed E-state index contributed by atoms with van der Waals surface area (Å²) in [6, 6.07) is 8.82. The Morgan fingerprint density at radius 2 is 1.89 bits per heavy atom. The molecule has 1 aliphatic heterocycles. The van der Waals surface area contributed by atoms with Crippen LogP contribution in [0.15, 0.2) is 36.4 Å². The van der Waals surface area contributed by atoms with E-state index in [4.69, 9.17) is 0 Å². The molecule has 0 radical (unpaired) electrons. The monoisotopic (exact) mass is 490 g/mol. The van der Waals surface area contributed by atoms with Gasteiger partial charge in [-0.25, -0.2) is 19.1 Å². The van der Waals surface area contributed by atoms with E-state index in [0.29, 0.717) is 40.4 Å². The summed E-state index contributed by atoms with van der Waals surface area (Å²) in [4.78, 5) is 46.3. The number of nitrogens with zero attached hydrogens (tertiary/aromatic N) is 3. The number of amides is 2. The van der Waals surface area contributed by atoms with Gasteiger partial charge in [-0.05, 0) is 61.9 Å². The summed E-state index contributed by atoms with van der Waals surface area (Å²) in [5.74, 6) is -2.73. The first kappa shape index (κ1) is 23.9. The highest BCUT2D eigenvalue weighted by Crippen LogP contribution is 2.35. The quantitative estimate of drug-likeness (QED) is 0.484. The van der Waals surface area contributed by atoms with E-state index in [1.165, 1.54) is 42.8 Å². The maximum absolute atomic E-state index is 14.1. The summed E-state index contributed by atoms with van der Waals surface area (Å²) in [5, 5.41) is 12.8. The molecule has 1 aliphatic carbocycles. The second-order valence-electron chi connectivity index (χ2n) is 9.46. The van der Waals surface area contributed by atoms with Crippen LogP contribution in [-0.4, -0.2) is 52.9 Å². The Kier molecular flexibility index (Phi) is 6.17. The maximum atomic E-state index is 14.1. The maximum Gasteiger partial charge on any atom is 0.335 e. The molecule has 9 heteroatoms. The molecule has 36 heavy (non-hydrogen) atoms. The molecule has 186 valence electrons. The molecule has 5 rings (SSSR count). The van der Waals surface area contributed by atoms with E-state index in [1.54, 1.807) is 7.05 Å². The van der Waals surface area contributed by atoms with Gasteiger partial charge < -0.3 is 10.4 Å². The van der Waals surface area contributed by atoms with Gasteiger partial charge in [-0.1, -0.05) is 19.3 Å². The Labute approximate surface area is 207 Å². The van der Waals surface area contributed by atoms with Crippen LogP contribution < -0.4 is 10.2 Å². The molecule has 1 aromatic heterocycles. The van der Waals surface area contributed by atoms with Gasteiger partial charge in [0.15, 0.2) is 0 Å². The molecule has 8 nitrogen and oxygen atoms in total. The first-order valence-electron chi connectivity index (χ1n) is 12.1. The van der Waals surface area contributed by atoms with Crippen molar-refractivity contribution in [2.75, 3.05) is 24.3 Å². The fraction of sp³-hybridized carbons (Fsp3) is 0.333. The summed E-state index contributed by atoms with van der Waals surface area (Å²) in [6.45, 7) is 0.388. The zero-order valence-electron chi connectivity index (χ0n) is 20.2. The van der Waals surface area contributed by atoms with Crippen LogP contribution in [0.1, 0.15) is 68.9 Å². The average Bonchev–Trinajstić information content (AvgIpc) is 3.11. The Morgan fingerprint density at radius 3 is 2.58 bits per heavy atom. The van der Waals surface area contributed by atoms with E-state index >= 15 is 0 Å². The van der Waals surface area contributed by atoms with Crippen LogP contribution in [-0.2, 0) is 6.54 Å². The molecular weight excluding hydrogens is 463 g/mol. The highest BCUT2D eigenvalue weighted by atomic mass is 19.1. The number of carboxylic acids is 1. The summed E-state index contributed by atoms with van der Waals surface area (Å²) in [6.07, 6.45) is 5.60. The van der Waals surface area contributed by atoms with Crippen LogP contribution >= 0.6 is 0 Å². The third-order valence-electron chi connectivity index (χ3n) is 7.18. The Bertz CT molecular complexity index is 1400. The fourth-order valence-electron chi connectivity index (χ4n) is 5.29. The number of pyridine rings is 1. The Morgan fingerprint density at radius 1 is 1.14 bits per heavy atom. The minimum atomic E-state index is -1.08. The summed E-state index contributed by atoms with van der Waals surface area (Å²) >= 11 is 0. The SMILES string of the molecule is CNc1cc(F)cc2cc3c(nc12)C(=O)N(c1ccc(C(=O)O)cc1CN(C)C1CCCCC1)C3=O. The zero-order chi connectivity index (χ0) is 25.6. The predicted octanol–water partition coefficient (Wildman–Crippen LogP) is 4.68. The topological polar surface area (TPSA) is 103 Å². The lowest BCUT2D eigenvalue weighted by Gasteiger charge is -2.32. The number of fused-ring (bicyclic) bond motifs is 2. The van der Waals surface area contributed by atoms with Crippen molar-refractivity contribution in [3.05, 3.63) is 64.6 Å². The number of carboxylic acid groups (broad SMARTS) is 1. The number of carbonyl (C=O) groups excluding carboxylic acids is 2. The third-order valence-corrected chi connectivity index (χ3v) is 7.18. The van der Waals surface area contributed by atoms with E-state index in [1.807, 2.05) is 7.05 Å². The zero-order valence-corrected chi connectivity index (χ0v) is 20.2. The van der Waals surface area contributed by atoms with Crippen LogP contribution in [0.5, 0.6) is 0 Å². The lowest BCUT2D eigenvalue weighted by Crippen LogP contribution is -2.35. The van der Waals surface area contributed by atoms with Crippen molar-refractivity contribution < 1.29 is 23.9 Å². The number of anilines is 2. The number of hydrogen-bond donors (Lipinski definition) is 2. The second kappa shape index (κ2) is 9.31. The van der Waals surface area contributed by atoms with Gasteiger partial charge in [0, 0.05) is 25.0 Å². The van der Waals surface area contributed by atoms with Gasteiger partial charge in [-0.3, -0.25) is 14.5 Å². The fourth-order valence-corrected chi connectivity index (χ4v) is 5.29. The average molecular weight is 491 g/mol. The summed E-state index contributed by atoms with van der Waals surface area (Å²) in [5.41, 5.74) is 1.87. The van der Waals surface area contributed by atoms with Crippen molar-refractivity contribution in [3.8, 4) is 0 Å². The second-order valence-corrected chi connectivity index (χ2v) is 9.46. The van der Waals surface area contributed by atoms with Crippen LogP contribution in [0.4, 0.5) is 15.8 Å². The number of aromatic carboxylic acids is 1. The molecule has 2 N–H and O–H groups in total. The predicted molar refractivity (Wildman–Crippen MR) is 134 cm³/mol. The van der Waals surface area contributed by atoms with E-state index in [2.05, 4.69) is 15.2 Å². The van der Waals surface area contributed by atoms with E-state index in [-0.39, 0.29) is 16.8 Å². The van der Waals surface area contributed by atoms with Crippen molar-refractivity contribution in [3.63, 3.8) is 0 Å². The molecule has 1 saturated carbocycles. The van der Waals surface area contributed by atoms with Gasteiger partial charge in [-0.2, -0.15) is 0 Å². The lowest BCUT2D eigenvalue weighted by atomic mass is 9.94. The van der Waals surface area contributed by atoms with Crippen molar-refractivity contribution in [1.82, 2.24) is 9.88 Å². The number of nitrogens with one attached hydrogen (secondary N) is 1. The van der Waals surface area contributed by atoms with Crippen LogP contribution in [0.25, 0.3) is 10.9 Å². The number of imide groups is 1. The minimum Gasteiger partial charge on any atom is -0.478 e. The number of aromatic nitrogens is 1. The molecule has 2 amide bonds. The van der Waals surface area contributed by atoms with Crippen LogP contribution in [0.3, 0.4) is 0 Å². The molecule has 0 bridgehead atoms. The minimum absolute atomic E-state index is 0.00972. The first-order chi connectivity index (χ1) is 17.3. The summed E-state index contributed by atoms with van der Waals surface area (Å²) < 4.78 is 14.1.